The first-order chi connectivity index (χ1) is 16.1. The summed E-state index contributed by atoms with van der Waals surface area (Å²) in [5.41, 5.74) is 2.98. The van der Waals surface area contributed by atoms with Crippen molar-refractivity contribution in [2.24, 2.45) is 0 Å². The van der Waals surface area contributed by atoms with Crippen molar-refractivity contribution in [3.8, 4) is 28.5 Å². The third kappa shape index (κ3) is 3.49. The average molecular weight is 445 g/mol. The van der Waals surface area contributed by atoms with Crippen LogP contribution in [-0.2, 0) is 6.54 Å². The van der Waals surface area contributed by atoms with Crippen LogP contribution >= 0.6 is 0 Å². The summed E-state index contributed by atoms with van der Waals surface area (Å²) in [5, 5.41) is 17.8. The number of furan rings is 1. The fraction of sp³-hybridized carbons (Fsp3) is 0.200. The van der Waals surface area contributed by atoms with Crippen molar-refractivity contribution in [3.63, 3.8) is 0 Å². The third-order valence-corrected chi connectivity index (χ3v) is 5.73. The van der Waals surface area contributed by atoms with Crippen LogP contribution in [0.4, 0.5) is 0 Å². The molecule has 1 aliphatic heterocycles. The van der Waals surface area contributed by atoms with Gasteiger partial charge in [-0.15, -0.1) is 0 Å². The molecule has 0 spiro atoms. The fourth-order valence-electron chi connectivity index (χ4n) is 4.28. The summed E-state index contributed by atoms with van der Waals surface area (Å²) in [7, 11) is 1.58. The van der Waals surface area contributed by atoms with E-state index in [1.807, 2.05) is 37.3 Å². The SMILES string of the molecule is CCOc1ccc(C2c3c(-c4ccccc4O)n[nH]c3C(=O)N2Cc2ccco2)cc1OC. The number of benzene rings is 2. The molecule has 5 rings (SSSR count). The van der Waals surface area contributed by atoms with Crippen molar-refractivity contribution in [1.82, 2.24) is 15.1 Å². The smallest absolute Gasteiger partial charge is 0.273 e. The second kappa shape index (κ2) is 8.38. The van der Waals surface area contributed by atoms with Crippen molar-refractivity contribution >= 4 is 5.91 Å². The predicted molar refractivity (Wildman–Crippen MR) is 120 cm³/mol. The number of aromatic nitrogens is 2. The second-order valence-electron chi connectivity index (χ2n) is 7.64. The van der Waals surface area contributed by atoms with E-state index in [1.165, 1.54) is 0 Å². The van der Waals surface area contributed by atoms with E-state index in [1.54, 1.807) is 42.5 Å². The molecule has 168 valence electrons. The largest absolute Gasteiger partial charge is 0.507 e. The Labute approximate surface area is 190 Å². The molecule has 0 aliphatic carbocycles. The van der Waals surface area contributed by atoms with E-state index in [4.69, 9.17) is 13.9 Å². The zero-order chi connectivity index (χ0) is 22.9. The van der Waals surface area contributed by atoms with Gasteiger partial charge in [-0.05, 0) is 48.9 Å². The lowest BCUT2D eigenvalue weighted by Gasteiger charge is -2.26. The Morgan fingerprint density at radius 3 is 2.73 bits per heavy atom. The van der Waals surface area contributed by atoms with Gasteiger partial charge in [-0.1, -0.05) is 18.2 Å². The molecule has 1 unspecified atom stereocenters. The van der Waals surface area contributed by atoms with Crippen LogP contribution in [0.1, 0.15) is 40.3 Å². The number of carbonyl (C=O) groups excluding carboxylic acids is 1. The molecule has 3 heterocycles. The number of amides is 1. The zero-order valence-electron chi connectivity index (χ0n) is 18.2. The molecule has 0 bridgehead atoms. The molecule has 4 aromatic rings. The minimum atomic E-state index is -0.476. The molecule has 2 aromatic heterocycles. The highest BCUT2D eigenvalue weighted by atomic mass is 16.5. The van der Waals surface area contributed by atoms with Gasteiger partial charge in [-0.25, -0.2) is 0 Å². The minimum Gasteiger partial charge on any atom is -0.507 e. The van der Waals surface area contributed by atoms with Gasteiger partial charge < -0.3 is 23.9 Å². The summed E-state index contributed by atoms with van der Waals surface area (Å²) in [6.07, 6.45) is 1.58. The number of aromatic amines is 1. The predicted octanol–water partition coefficient (Wildman–Crippen LogP) is 4.53. The lowest BCUT2D eigenvalue weighted by Crippen LogP contribution is -2.29. The number of para-hydroxylation sites is 1. The van der Waals surface area contributed by atoms with Crippen molar-refractivity contribution in [2.75, 3.05) is 13.7 Å². The maximum absolute atomic E-state index is 13.5. The molecular weight excluding hydrogens is 422 g/mol. The molecule has 33 heavy (non-hydrogen) atoms. The Balaban J connectivity index is 1.67. The van der Waals surface area contributed by atoms with Gasteiger partial charge in [0.15, 0.2) is 11.5 Å². The van der Waals surface area contributed by atoms with Crippen molar-refractivity contribution in [2.45, 2.75) is 19.5 Å². The Morgan fingerprint density at radius 1 is 1.15 bits per heavy atom. The van der Waals surface area contributed by atoms with Crippen LogP contribution in [-0.4, -0.2) is 39.8 Å². The molecule has 2 aromatic carbocycles. The first-order valence-electron chi connectivity index (χ1n) is 10.6. The lowest BCUT2D eigenvalue weighted by atomic mass is 9.95. The lowest BCUT2D eigenvalue weighted by molar-refractivity contribution is 0.0717. The molecule has 1 aliphatic rings. The topological polar surface area (TPSA) is 101 Å². The van der Waals surface area contributed by atoms with Gasteiger partial charge in [0.25, 0.3) is 5.91 Å². The number of ether oxygens (including phenoxy) is 2. The normalized spacial score (nSPS) is 15.0. The number of hydrogen-bond donors (Lipinski definition) is 2. The average Bonchev–Trinajstić information content (AvgIpc) is 3.55. The first kappa shape index (κ1) is 20.7. The number of carbonyl (C=O) groups is 1. The number of nitrogens with zero attached hydrogens (tertiary/aromatic N) is 2. The molecule has 2 N–H and O–H groups in total. The van der Waals surface area contributed by atoms with Crippen molar-refractivity contribution in [1.29, 1.82) is 0 Å². The van der Waals surface area contributed by atoms with Gasteiger partial charge in [0.1, 0.15) is 22.9 Å². The van der Waals surface area contributed by atoms with Crippen LogP contribution < -0.4 is 9.47 Å². The summed E-state index contributed by atoms with van der Waals surface area (Å²) in [6, 6.07) is 15.7. The molecule has 0 radical (unpaired) electrons. The van der Waals surface area contributed by atoms with Gasteiger partial charge in [0.05, 0.1) is 32.6 Å². The molecule has 8 heteroatoms. The Hall–Kier alpha value is -4.20. The molecule has 1 amide bonds. The monoisotopic (exact) mass is 445 g/mol. The number of phenolic OH excluding ortho intramolecular Hbond substituents is 1. The van der Waals surface area contributed by atoms with Gasteiger partial charge >= 0.3 is 0 Å². The molecule has 8 nitrogen and oxygen atoms in total. The third-order valence-electron chi connectivity index (χ3n) is 5.73. The van der Waals surface area contributed by atoms with Gasteiger partial charge in [0.2, 0.25) is 0 Å². The standard InChI is InChI=1S/C25H23N3O5/c1-3-32-19-11-10-15(13-20(19)31-2)24-21-22(17-8-4-5-9-18(17)29)26-27-23(21)25(30)28(24)14-16-7-6-12-33-16/h4-13,24,29H,3,14H2,1-2H3,(H,26,27). The number of aromatic hydroxyl groups is 1. The van der Waals surface area contributed by atoms with Gasteiger partial charge in [-0.2, -0.15) is 5.10 Å². The van der Waals surface area contributed by atoms with Gasteiger partial charge in [0, 0.05) is 11.1 Å². The number of nitrogens with one attached hydrogen (secondary N) is 1. The van der Waals surface area contributed by atoms with Crippen molar-refractivity contribution in [3.05, 3.63) is 83.4 Å². The van der Waals surface area contributed by atoms with Crippen LogP contribution in [0.2, 0.25) is 0 Å². The Kier molecular flexibility index (Phi) is 5.26. The zero-order valence-corrected chi connectivity index (χ0v) is 18.2. The summed E-state index contributed by atoms with van der Waals surface area (Å²) in [5.74, 6) is 1.74. The number of H-pyrrole nitrogens is 1. The van der Waals surface area contributed by atoms with E-state index in [9.17, 15) is 9.90 Å². The highest BCUT2D eigenvalue weighted by Crippen LogP contribution is 2.46. The van der Waals surface area contributed by atoms with Crippen LogP contribution in [0.5, 0.6) is 17.2 Å². The second-order valence-corrected chi connectivity index (χ2v) is 7.64. The minimum absolute atomic E-state index is 0.0896. The fourth-order valence-corrected chi connectivity index (χ4v) is 4.28. The number of hydrogen-bond acceptors (Lipinski definition) is 6. The van der Waals surface area contributed by atoms with E-state index < -0.39 is 6.04 Å². The van der Waals surface area contributed by atoms with Crippen LogP contribution in [0.3, 0.4) is 0 Å². The molecule has 0 fully saturated rings. The van der Waals surface area contributed by atoms with Crippen molar-refractivity contribution < 1.29 is 23.8 Å². The number of fused-ring (bicyclic) bond motifs is 1. The Morgan fingerprint density at radius 2 is 2.00 bits per heavy atom. The summed E-state index contributed by atoms with van der Waals surface area (Å²) >= 11 is 0. The molecule has 1 atom stereocenters. The van der Waals surface area contributed by atoms with Crippen LogP contribution in [0, 0.1) is 0 Å². The van der Waals surface area contributed by atoms with Crippen LogP contribution in [0.25, 0.3) is 11.3 Å². The van der Waals surface area contributed by atoms with Gasteiger partial charge in [-0.3, -0.25) is 9.89 Å². The quantitative estimate of drug-likeness (QED) is 0.434. The molecule has 0 saturated heterocycles. The van der Waals surface area contributed by atoms with E-state index in [-0.39, 0.29) is 18.2 Å². The maximum atomic E-state index is 13.5. The summed E-state index contributed by atoms with van der Waals surface area (Å²) in [4.78, 5) is 15.2. The van der Waals surface area contributed by atoms with E-state index >= 15 is 0 Å². The highest BCUT2D eigenvalue weighted by Gasteiger charge is 2.43. The number of methoxy groups -OCH3 is 1. The summed E-state index contributed by atoms with van der Waals surface area (Å²) in [6.45, 7) is 2.69. The Bertz CT molecular complexity index is 1300. The summed E-state index contributed by atoms with van der Waals surface area (Å²) < 4.78 is 16.8. The number of rotatable bonds is 7. The number of phenols is 1. The molecular formula is C25H23N3O5. The van der Waals surface area contributed by atoms with E-state index in [0.717, 1.165) is 5.56 Å². The van der Waals surface area contributed by atoms with E-state index in [2.05, 4.69) is 10.2 Å². The first-order valence-corrected chi connectivity index (χ1v) is 10.6. The maximum Gasteiger partial charge on any atom is 0.273 e. The molecule has 0 saturated carbocycles. The highest BCUT2D eigenvalue weighted by molar-refractivity contribution is 6.00. The van der Waals surface area contributed by atoms with E-state index in [0.29, 0.717) is 46.4 Å². The van der Waals surface area contributed by atoms with Crippen LogP contribution in [0.15, 0.2) is 65.3 Å².